The fraction of sp³-hybridized carbons (Fsp3) is 0.667. The molecule has 0 aromatic heterocycles. The average molecular weight is 273 g/mol. The van der Waals surface area contributed by atoms with E-state index < -0.39 is 0 Å². The molecule has 2 fully saturated rings. The fourth-order valence-corrected chi connectivity index (χ4v) is 3.25. The van der Waals surface area contributed by atoms with Crippen molar-refractivity contribution in [1.82, 2.24) is 5.32 Å². The molecule has 3 rings (SSSR count). The Balaban J connectivity index is 1.74. The number of piperidine rings is 1. The van der Waals surface area contributed by atoms with Crippen molar-refractivity contribution >= 4 is 0 Å². The van der Waals surface area contributed by atoms with Gasteiger partial charge in [0.15, 0.2) is 0 Å². The van der Waals surface area contributed by atoms with Gasteiger partial charge in [0.25, 0.3) is 0 Å². The van der Waals surface area contributed by atoms with Crippen molar-refractivity contribution in [2.24, 2.45) is 5.92 Å². The first kappa shape index (κ1) is 13.9. The topological polar surface area (TPSA) is 21.3 Å². The van der Waals surface area contributed by atoms with E-state index in [-0.39, 0.29) is 0 Å². The molecule has 1 N–H and O–H groups in total. The summed E-state index contributed by atoms with van der Waals surface area (Å²) in [7, 11) is 0. The number of rotatable bonds is 5. The van der Waals surface area contributed by atoms with Gasteiger partial charge in [-0.05, 0) is 69.5 Å². The van der Waals surface area contributed by atoms with Gasteiger partial charge in [-0.2, -0.15) is 0 Å². The summed E-state index contributed by atoms with van der Waals surface area (Å²) in [6, 6.07) is 5.21. The molecule has 1 saturated carbocycles. The monoisotopic (exact) mass is 273 g/mol. The summed E-state index contributed by atoms with van der Waals surface area (Å²) >= 11 is 0. The Morgan fingerprint density at radius 2 is 2.00 bits per heavy atom. The van der Waals surface area contributed by atoms with Crippen LogP contribution in [0.4, 0.5) is 0 Å². The van der Waals surface area contributed by atoms with Crippen LogP contribution < -0.4 is 10.1 Å². The molecule has 2 nitrogen and oxygen atoms in total. The first-order valence-electron chi connectivity index (χ1n) is 8.18. The first-order valence-corrected chi connectivity index (χ1v) is 8.18. The molecule has 1 aliphatic heterocycles. The largest absolute Gasteiger partial charge is 0.493 e. The molecular formula is C18H27NO. The van der Waals surface area contributed by atoms with Crippen molar-refractivity contribution in [3.63, 3.8) is 0 Å². The van der Waals surface area contributed by atoms with Crippen LogP contribution in [0.2, 0.25) is 0 Å². The van der Waals surface area contributed by atoms with Crippen LogP contribution in [0, 0.1) is 19.8 Å². The van der Waals surface area contributed by atoms with E-state index in [1.165, 1.54) is 55.3 Å². The van der Waals surface area contributed by atoms with E-state index in [0.29, 0.717) is 6.04 Å². The van der Waals surface area contributed by atoms with Crippen molar-refractivity contribution in [3.05, 3.63) is 28.8 Å². The molecular weight excluding hydrogens is 246 g/mol. The maximum absolute atomic E-state index is 6.16. The van der Waals surface area contributed by atoms with E-state index in [1.54, 1.807) is 0 Å². The van der Waals surface area contributed by atoms with Crippen molar-refractivity contribution in [1.29, 1.82) is 0 Å². The first-order chi connectivity index (χ1) is 9.72. The molecule has 1 aromatic carbocycles. The molecule has 1 unspecified atom stereocenters. The van der Waals surface area contributed by atoms with E-state index in [2.05, 4.69) is 31.3 Å². The van der Waals surface area contributed by atoms with Gasteiger partial charge in [0.05, 0.1) is 6.61 Å². The highest BCUT2D eigenvalue weighted by molar-refractivity contribution is 5.44. The summed E-state index contributed by atoms with van der Waals surface area (Å²) in [6.07, 6.45) is 7.81. The predicted molar refractivity (Wildman–Crippen MR) is 83.5 cm³/mol. The van der Waals surface area contributed by atoms with Gasteiger partial charge in [0.1, 0.15) is 5.75 Å². The summed E-state index contributed by atoms with van der Waals surface area (Å²) in [5.74, 6) is 1.98. The maximum Gasteiger partial charge on any atom is 0.125 e. The molecule has 1 heterocycles. The van der Waals surface area contributed by atoms with Crippen LogP contribution in [-0.4, -0.2) is 19.2 Å². The van der Waals surface area contributed by atoms with Gasteiger partial charge in [-0.15, -0.1) is 0 Å². The highest BCUT2D eigenvalue weighted by Crippen LogP contribution is 2.33. The number of aryl methyl sites for hydroxylation is 2. The average Bonchev–Trinajstić information content (AvgIpc) is 3.23. The molecule has 1 aliphatic carbocycles. The van der Waals surface area contributed by atoms with Gasteiger partial charge in [-0.3, -0.25) is 0 Å². The highest BCUT2D eigenvalue weighted by atomic mass is 16.5. The Kier molecular flexibility index (Phi) is 4.30. The number of hydrogen-bond donors (Lipinski definition) is 1. The zero-order chi connectivity index (χ0) is 13.9. The highest BCUT2D eigenvalue weighted by Gasteiger charge is 2.23. The minimum Gasteiger partial charge on any atom is -0.493 e. The number of ether oxygens (including phenoxy) is 1. The van der Waals surface area contributed by atoms with E-state index in [1.807, 2.05) is 0 Å². The van der Waals surface area contributed by atoms with Crippen LogP contribution in [0.3, 0.4) is 0 Å². The third kappa shape index (κ3) is 3.54. The lowest BCUT2D eigenvalue weighted by Crippen LogP contribution is -2.35. The van der Waals surface area contributed by atoms with Crippen LogP contribution in [0.25, 0.3) is 0 Å². The normalized spacial score (nSPS) is 22.8. The maximum atomic E-state index is 6.16. The molecule has 0 bridgehead atoms. The smallest absolute Gasteiger partial charge is 0.125 e. The van der Waals surface area contributed by atoms with E-state index in [9.17, 15) is 0 Å². The molecule has 110 valence electrons. The quantitative estimate of drug-likeness (QED) is 0.881. The third-order valence-electron chi connectivity index (χ3n) is 4.53. The minimum atomic E-state index is 0.633. The van der Waals surface area contributed by atoms with Crippen molar-refractivity contribution in [3.8, 4) is 5.75 Å². The van der Waals surface area contributed by atoms with E-state index in [4.69, 9.17) is 4.74 Å². The lowest BCUT2D eigenvalue weighted by Gasteiger charge is -2.25. The predicted octanol–water partition coefficient (Wildman–Crippen LogP) is 3.78. The summed E-state index contributed by atoms with van der Waals surface area (Å²) in [5.41, 5.74) is 4.06. The van der Waals surface area contributed by atoms with Crippen LogP contribution in [0.5, 0.6) is 5.75 Å². The van der Waals surface area contributed by atoms with Crippen molar-refractivity contribution < 1.29 is 4.74 Å². The van der Waals surface area contributed by atoms with Gasteiger partial charge in [0, 0.05) is 6.04 Å². The van der Waals surface area contributed by atoms with E-state index in [0.717, 1.165) is 24.7 Å². The third-order valence-corrected chi connectivity index (χ3v) is 4.53. The van der Waals surface area contributed by atoms with Gasteiger partial charge in [-0.25, -0.2) is 0 Å². The van der Waals surface area contributed by atoms with Crippen LogP contribution in [0.1, 0.15) is 48.8 Å². The fourth-order valence-electron chi connectivity index (χ4n) is 3.25. The zero-order valence-electron chi connectivity index (χ0n) is 12.9. The van der Waals surface area contributed by atoms with Gasteiger partial charge in [0.2, 0.25) is 0 Å². The Morgan fingerprint density at radius 3 is 2.70 bits per heavy atom. The number of benzene rings is 1. The van der Waals surface area contributed by atoms with Gasteiger partial charge < -0.3 is 10.1 Å². The van der Waals surface area contributed by atoms with E-state index >= 15 is 0 Å². The molecule has 0 spiro atoms. The summed E-state index contributed by atoms with van der Waals surface area (Å²) in [5, 5.41) is 3.66. The molecule has 1 atom stereocenters. The Morgan fingerprint density at radius 1 is 1.15 bits per heavy atom. The van der Waals surface area contributed by atoms with Crippen LogP contribution in [0.15, 0.2) is 12.1 Å². The van der Waals surface area contributed by atoms with Gasteiger partial charge >= 0.3 is 0 Å². The molecule has 2 aliphatic rings. The molecule has 2 heteroatoms. The number of nitrogens with one attached hydrogen (secondary N) is 1. The van der Waals surface area contributed by atoms with Crippen molar-refractivity contribution in [2.45, 2.75) is 58.4 Å². The minimum absolute atomic E-state index is 0.633. The lowest BCUT2D eigenvalue weighted by molar-refractivity contribution is 0.292. The summed E-state index contributed by atoms with van der Waals surface area (Å²) in [4.78, 5) is 0. The number of hydrogen-bond acceptors (Lipinski definition) is 2. The lowest BCUT2D eigenvalue weighted by atomic mass is 9.95. The second-order valence-electron chi connectivity index (χ2n) is 6.68. The Labute approximate surface area is 122 Å². The molecule has 20 heavy (non-hydrogen) atoms. The standard InChI is InChI=1S/C18H27NO/c1-13-9-14(2)18(20-12-15-6-7-15)16(10-13)11-17-5-3-4-8-19-17/h9-10,15,17,19H,3-8,11-12H2,1-2H3. The summed E-state index contributed by atoms with van der Waals surface area (Å²) in [6.45, 7) is 6.46. The molecule has 0 radical (unpaired) electrons. The summed E-state index contributed by atoms with van der Waals surface area (Å²) < 4.78 is 6.16. The van der Waals surface area contributed by atoms with Crippen LogP contribution in [-0.2, 0) is 6.42 Å². The van der Waals surface area contributed by atoms with Crippen molar-refractivity contribution in [2.75, 3.05) is 13.2 Å². The van der Waals surface area contributed by atoms with Crippen LogP contribution >= 0.6 is 0 Å². The second-order valence-corrected chi connectivity index (χ2v) is 6.68. The Bertz CT molecular complexity index is 459. The molecule has 1 saturated heterocycles. The second kappa shape index (κ2) is 6.17. The molecule has 0 amide bonds. The molecule has 1 aromatic rings. The Hall–Kier alpha value is -1.02. The SMILES string of the molecule is Cc1cc(C)c(OCC2CC2)c(CC2CCCCN2)c1. The zero-order valence-corrected chi connectivity index (χ0v) is 12.9. The van der Waals surface area contributed by atoms with Gasteiger partial charge in [-0.1, -0.05) is 24.1 Å².